The number of benzene rings is 2. The number of nitrogens with zero attached hydrogens (tertiary/aromatic N) is 3. The summed E-state index contributed by atoms with van der Waals surface area (Å²) >= 11 is 0. The summed E-state index contributed by atoms with van der Waals surface area (Å²) < 4.78 is 31.1. The maximum Gasteiger partial charge on any atom is 0.271 e. The molecule has 1 amide bonds. The quantitative estimate of drug-likeness (QED) is 0.466. The summed E-state index contributed by atoms with van der Waals surface area (Å²) in [6.07, 6.45) is 0.971. The van der Waals surface area contributed by atoms with E-state index in [1.165, 1.54) is 30.0 Å². The van der Waals surface area contributed by atoms with Crippen LogP contribution in [0.4, 0.5) is 11.4 Å². The number of likely N-dealkylation sites (N-methyl/N-ethyl adjacent to an activating group) is 1. The van der Waals surface area contributed by atoms with Crippen LogP contribution in [-0.2, 0) is 21.4 Å². The van der Waals surface area contributed by atoms with Gasteiger partial charge in [0.2, 0.25) is 15.9 Å². The highest BCUT2D eigenvalue weighted by Gasteiger charge is 2.32. The number of non-ortho nitro benzene ring substituents is 1. The summed E-state index contributed by atoms with van der Waals surface area (Å²) in [6.45, 7) is 3.36. The summed E-state index contributed by atoms with van der Waals surface area (Å²) in [5, 5.41) is 11.2. The molecule has 2 aromatic rings. The number of carbonyl (C=O) groups is 1. The predicted octanol–water partition coefficient (Wildman–Crippen LogP) is 2.72. The van der Waals surface area contributed by atoms with Gasteiger partial charge >= 0.3 is 0 Å². The maximum absolute atomic E-state index is 13.0. The number of nitro groups is 1. The SMILES string of the molecule is COc1ccc(CN(C)C(=O)C(C)N(c2cc([N+](=O)[O-])ccc2C)S(C)(=O)=O)cc1. The Morgan fingerprint density at radius 1 is 1.20 bits per heavy atom. The lowest BCUT2D eigenvalue weighted by molar-refractivity contribution is -0.384. The van der Waals surface area contributed by atoms with Crippen LogP contribution in [0.15, 0.2) is 42.5 Å². The van der Waals surface area contributed by atoms with Crippen molar-refractivity contribution in [3.05, 3.63) is 63.7 Å². The number of carbonyl (C=O) groups excluding carboxylic acids is 1. The third-order valence-electron chi connectivity index (χ3n) is 4.66. The van der Waals surface area contributed by atoms with E-state index in [4.69, 9.17) is 4.74 Å². The second kappa shape index (κ2) is 9.12. The Labute approximate surface area is 176 Å². The van der Waals surface area contributed by atoms with E-state index in [-0.39, 0.29) is 17.9 Å². The van der Waals surface area contributed by atoms with E-state index in [1.54, 1.807) is 33.2 Å². The van der Waals surface area contributed by atoms with Gasteiger partial charge in [-0.3, -0.25) is 19.2 Å². The molecule has 162 valence electrons. The largest absolute Gasteiger partial charge is 0.497 e. The Balaban J connectivity index is 2.34. The zero-order valence-electron chi connectivity index (χ0n) is 17.5. The van der Waals surface area contributed by atoms with Crippen molar-refractivity contribution in [1.29, 1.82) is 0 Å². The molecule has 0 aromatic heterocycles. The van der Waals surface area contributed by atoms with Gasteiger partial charge in [0.25, 0.3) is 5.69 Å². The van der Waals surface area contributed by atoms with E-state index in [0.717, 1.165) is 16.1 Å². The van der Waals surface area contributed by atoms with Gasteiger partial charge in [0.1, 0.15) is 11.8 Å². The summed E-state index contributed by atoms with van der Waals surface area (Å²) in [6, 6.07) is 10.00. The molecular formula is C20H25N3O6S. The third kappa shape index (κ3) is 5.26. The molecule has 0 N–H and O–H groups in total. The minimum Gasteiger partial charge on any atom is -0.497 e. The van der Waals surface area contributed by atoms with Crippen molar-refractivity contribution in [3.8, 4) is 5.75 Å². The van der Waals surface area contributed by atoms with Crippen LogP contribution < -0.4 is 9.04 Å². The van der Waals surface area contributed by atoms with Crippen molar-refractivity contribution < 1.29 is 22.9 Å². The molecule has 0 saturated carbocycles. The second-order valence-electron chi connectivity index (χ2n) is 7.01. The molecule has 0 aliphatic heterocycles. The van der Waals surface area contributed by atoms with E-state index < -0.39 is 26.9 Å². The molecule has 0 bridgehead atoms. The molecule has 9 nitrogen and oxygen atoms in total. The molecule has 30 heavy (non-hydrogen) atoms. The van der Waals surface area contributed by atoms with Gasteiger partial charge < -0.3 is 9.64 Å². The summed E-state index contributed by atoms with van der Waals surface area (Å²) in [7, 11) is -0.765. The van der Waals surface area contributed by atoms with Crippen molar-refractivity contribution in [1.82, 2.24) is 4.90 Å². The van der Waals surface area contributed by atoms with Crippen molar-refractivity contribution in [2.45, 2.75) is 26.4 Å². The number of amides is 1. The zero-order chi connectivity index (χ0) is 22.6. The first kappa shape index (κ1) is 23.1. The van der Waals surface area contributed by atoms with Crippen molar-refractivity contribution >= 4 is 27.3 Å². The van der Waals surface area contributed by atoms with Crippen LogP contribution in [0.2, 0.25) is 0 Å². The van der Waals surface area contributed by atoms with Crippen molar-refractivity contribution in [2.24, 2.45) is 0 Å². The molecule has 0 radical (unpaired) electrons. The standard InChI is InChI=1S/C20H25N3O6S/c1-14-6-9-17(23(25)26)12-19(14)22(30(5,27)28)15(2)20(24)21(3)13-16-7-10-18(29-4)11-8-16/h6-12,15H,13H2,1-5H3. The number of ether oxygens (including phenoxy) is 1. The first-order valence-electron chi connectivity index (χ1n) is 9.08. The van der Waals surface area contributed by atoms with Gasteiger partial charge in [0.15, 0.2) is 0 Å². The van der Waals surface area contributed by atoms with E-state index in [2.05, 4.69) is 0 Å². The van der Waals surface area contributed by atoms with E-state index in [9.17, 15) is 23.3 Å². The Hall–Kier alpha value is -3.14. The molecule has 0 spiro atoms. The predicted molar refractivity (Wildman–Crippen MR) is 114 cm³/mol. The minimum atomic E-state index is -3.90. The fourth-order valence-electron chi connectivity index (χ4n) is 3.13. The van der Waals surface area contributed by atoms with Crippen LogP contribution in [0.25, 0.3) is 0 Å². The number of sulfonamides is 1. The van der Waals surface area contributed by atoms with E-state index in [0.29, 0.717) is 11.3 Å². The van der Waals surface area contributed by atoms with Gasteiger partial charge in [-0.25, -0.2) is 8.42 Å². The van der Waals surface area contributed by atoms with Crippen LogP contribution in [0, 0.1) is 17.0 Å². The van der Waals surface area contributed by atoms with Gasteiger partial charge in [-0.15, -0.1) is 0 Å². The zero-order valence-corrected chi connectivity index (χ0v) is 18.3. The maximum atomic E-state index is 13.0. The van der Waals surface area contributed by atoms with Gasteiger partial charge in [-0.1, -0.05) is 18.2 Å². The molecule has 0 fully saturated rings. The lowest BCUT2D eigenvalue weighted by atomic mass is 10.1. The van der Waals surface area contributed by atoms with Crippen LogP contribution in [-0.4, -0.2) is 50.6 Å². The normalized spacial score (nSPS) is 12.2. The van der Waals surface area contributed by atoms with Gasteiger partial charge in [0, 0.05) is 25.7 Å². The molecule has 1 unspecified atom stereocenters. The first-order chi connectivity index (χ1) is 14.0. The second-order valence-corrected chi connectivity index (χ2v) is 8.86. The molecule has 2 rings (SSSR count). The molecule has 10 heteroatoms. The summed E-state index contributed by atoms with van der Waals surface area (Å²) in [4.78, 5) is 25.0. The molecular weight excluding hydrogens is 410 g/mol. The molecule has 0 aliphatic rings. The molecule has 0 saturated heterocycles. The summed E-state index contributed by atoms with van der Waals surface area (Å²) in [5.41, 5.74) is 1.20. The van der Waals surface area contributed by atoms with Gasteiger partial charge in [0.05, 0.1) is 24.0 Å². The number of anilines is 1. The highest BCUT2D eigenvalue weighted by molar-refractivity contribution is 7.92. The van der Waals surface area contributed by atoms with Crippen LogP contribution in [0.1, 0.15) is 18.1 Å². The van der Waals surface area contributed by atoms with Crippen molar-refractivity contribution in [2.75, 3.05) is 24.7 Å². The average Bonchev–Trinajstić information content (AvgIpc) is 2.68. The number of methoxy groups -OCH3 is 1. The Morgan fingerprint density at radius 2 is 1.80 bits per heavy atom. The topological polar surface area (TPSA) is 110 Å². The number of hydrogen-bond donors (Lipinski definition) is 0. The minimum absolute atomic E-state index is 0.102. The fourth-order valence-corrected chi connectivity index (χ4v) is 4.34. The highest BCUT2D eigenvalue weighted by atomic mass is 32.2. The average molecular weight is 436 g/mol. The van der Waals surface area contributed by atoms with E-state index in [1.807, 2.05) is 12.1 Å². The monoisotopic (exact) mass is 435 g/mol. The van der Waals surface area contributed by atoms with E-state index >= 15 is 0 Å². The fraction of sp³-hybridized carbons (Fsp3) is 0.350. The number of hydrogen-bond acceptors (Lipinski definition) is 6. The highest BCUT2D eigenvalue weighted by Crippen LogP contribution is 2.29. The van der Waals surface area contributed by atoms with Gasteiger partial charge in [-0.2, -0.15) is 0 Å². The van der Waals surface area contributed by atoms with Crippen LogP contribution >= 0.6 is 0 Å². The Bertz CT molecular complexity index is 1040. The van der Waals surface area contributed by atoms with Gasteiger partial charge in [-0.05, 0) is 37.1 Å². The molecule has 2 aromatic carbocycles. The number of nitro benzene ring substituents is 1. The summed E-state index contributed by atoms with van der Waals surface area (Å²) in [5.74, 6) is 0.243. The lowest BCUT2D eigenvalue weighted by Gasteiger charge is -2.32. The number of aryl methyl sites for hydroxylation is 1. The lowest BCUT2D eigenvalue weighted by Crippen LogP contribution is -2.48. The van der Waals surface area contributed by atoms with Crippen LogP contribution in [0.5, 0.6) is 5.75 Å². The smallest absolute Gasteiger partial charge is 0.271 e. The first-order valence-corrected chi connectivity index (χ1v) is 10.9. The molecule has 0 aliphatic carbocycles. The number of rotatable bonds is 8. The van der Waals surface area contributed by atoms with Crippen LogP contribution in [0.3, 0.4) is 0 Å². The van der Waals surface area contributed by atoms with Crippen molar-refractivity contribution in [3.63, 3.8) is 0 Å². The third-order valence-corrected chi connectivity index (χ3v) is 5.89. The molecule has 1 atom stereocenters. The molecule has 0 heterocycles. The Kier molecular flexibility index (Phi) is 7.04. The Morgan fingerprint density at radius 3 is 2.30 bits per heavy atom.